The minimum atomic E-state index is -1.08. The number of nitrogens with one attached hydrogen (secondary N) is 1. The third-order valence-electron chi connectivity index (χ3n) is 3.20. The summed E-state index contributed by atoms with van der Waals surface area (Å²) in [5.41, 5.74) is 9.67. The number of carboxylic acid groups (broad SMARTS) is 1. The second-order valence-electron chi connectivity index (χ2n) is 4.58. The van der Waals surface area contributed by atoms with Crippen molar-refractivity contribution in [1.29, 1.82) is 0 Å². The molecule has 0 saturated carbocycles. The lowest BCUT2D eigenvalue weighted by Crippen LogP contribution is -2.06. The molecule has 0 fully saturated rings. The van der Waals surface area contributed by atoms with E-state index in [9.17, 15) is 4.79 Å². The number of aryl methyl sites for hydroxylation is 1. The summed E-state index contributed by atoms with van der Waals surface area (Å²) in [6.45, 7) is 1.93. The summed E-state index contributed by atoms with van der Waals surface area (Å²) in [5.74, 6) is 0.233. The molecule has 7 nitrogen and oxygen atoms in total. The molecule has 0 aliphatic carbocycles. The Hall–Kier alpha value is -3.09. The van der Waals surface area contributed by atoms with Crippen LogP contribution in [0.2, 0.25) is 0 Å². The number of nitrogens with two attached hydrogens (primary N) is 1. The maximum atomic E-state index is 10.6. The maximum absolute atomic E-state index is 10.6. The van der Waals surface area contributed by atoms with Crippen molar-refractivity contribution in [2.24, 2.45) is 0 Å². The van der Waals surface area contributed by atoms with Crippen molar-refractivity contribution in [2.75, 3.05) is 11.1 Å². The van der Waals surface area contributed by atoms with E-state index in [1.807, 2.05) is 31.2 Å². The first kappa shape index (κ1) is 12.9. The third kappa shape index (κ3) is 2.36. The highest BCUT2D eigenvalue weighted by Crippen LogP contribution is 2.25. The molecule has 2 aromatic heterocycles. The Morgan fingerprint density at radius 2 is 1.95 bits per heavy atom. The summed E-state index contributed by atoms with van der Waals surface area (Å²) >= 11 is 0. The minimum Gasteiger partial charge on any atom is -0.465 e. The topological polar surface area (TPSA) is 106 Å². The van der Waals surface area contributed by atoms with Gasteiger partial charge in [0, 0.05) is 16.9 Å². The number of hydrogen-bond acceptors (Lipinski definition) is 4. The average molecular weight is 283 g/mol. The van der Waals surface area contributed by atoms with E-state index in [1.54, 1.807) is 16.6 Å². The van der Waals surface area contributed by atoms with Crippen LogP contribution in [0.25, 0.3) is 16.8 Å². The Labute approximate surface area is 120 Å². The largest absolute Gasteiger partial charge is 0.465 e. The van der Waals surface area contributed by atoms with E-state index >= 15 is 0 Å². The number of hydrogen-bond donors (Lipinski definition) is 3. The van der Waals surface area contributed by atoms with Gasteiger partial charge in [-0.25, -0.2) is 9.31 Å². The van der Waals surface area contributed by atoms with Gasteiger partial charge < -0.3 is 10.8 Å². The summed E-state index contributed by atoms with van der Waals surface area (Å²) in [6.07, 6.45) is -1.08. The third-order valence-corrected chi connectivity index (χ3v) is 3.20. The van der Waals surface area contributed by atoms with Crippen molar-refractivity contribution >= 4 is 23.4 Å². The van der Waals surface area contributed by atoms with Crippen LogP contribution in [0.15, 0.2) is 36.4 Å². The second kappa shape index (κ2) is 4.78. The van der Waals surface area contributed by atoms with Crippen LogP contribution in [-0.4, -0.2) is 25.8 Å². The average Bonchev–Trinajstić information content (AvgIpc) is 2.81. The molecule has 0 unspecified atom stereocenters. The molecule has 1 amide bonds. The van der Waals surface area contributed by atoms with Gasteiger partial charge in [-0.1, -0.05) is 12.1 Å². The Bertz CT molecular complexity index is 823. The molecular formula is C14H13N5O2. The minimum absolute atomic E-state index is 0.233. The Kier molecular flexibility index (Phi) is 2.94. The van der Waals surface area contributed by atoms with Gasteiger partial charge in [0.2, 0.25) is 5.95 Å². The lowest BCUT2D eigenvalue weighted by Gasteiger charge is -2.08. The van der Waals surface area contributed by atoms with Crippen molar-refractivity contribution in [3.05, 3.63) is 42.1 Å². The van der Waals surface area contributed by atoms with E-state index in [1.165, 1.54) is 0 Å². The number of benzene rings is 1. The van der Waals surface area contributed by atoms with Crippen LogP contribution >= 0.6 is 0 Å². The first-order chi connectivity index (χ1) is 10.0. The molecule has 2 heterocycles. The standard InChI is InChI=1S/C14H13N5O2/c1-8-11(6-7-12-17-13(15)18-19(8)12)9-2-4-10(5-3-9)16-14(20)21/h2-7,16H,1H3,(H2,15,18)(H,20,21). The van der Waals surface area contributed by atoms with Crippen molar-refractivity contribution < 1.29 is 9.90 Å². The fourth-order valence-electron chi connectivity index (χ4n) is 2.25. The van der Waals surface area contributed by atoms with Crippen LogP contribution in [0.5, 0.6) is 0 Å². The van der Waals surface area contributed by atoms with E-state index in [0.29, 0.717) is 11.3 Å². The number of pyridine rings is 1. The van der Waals surface area contributed by atoms with Crippen LogP contribution in [0.4, 0.5) is 16.4 Å². The van der Waals surface area contributed by atoms with Crippen molar-refractivity contribution in [1.82, 2.24) is 14.6 Å². The fourth-order valence-corrected chi connectivity index (χ4v) is 2.25. The molecule has 106 valence electrons. The first-order valence-corrected chi connectivity index (χ1v) is 6.27. The number of aromatic nitrogens is 3. The number of anilines is 2. The highest BCUT2D eigenvalue weighted by atomic mass is 16.4. The first-order valence-electron chi connectivity index (χ1n) is 6.27. The molecule has 0 atom stereocenters. The predicted molar refractivity (Wildman–Crippen MR) is 79.2 cm³/mol. The Morgan fingerprint density at radius 3 is 2.62 bits per heavy atom. The summed E-state index contributed by atoms with van der Waals surface area (Å²) in [4.78, 5) is 14.7. The van der Waals surface area contributed by atoms with Gasteiger partial charge in [0.1, 0.15) is 0 Å². The summed E-state index contributed by atoms with van der Waals surface area (Å²) in [7, 11) is 0. The molecule has 7 heteroatoms. The lowest BCUT2D eigenvalue weighted by molar-refractivity contribution is 0.210. The number of rotatable bonds is 2. The molecule has 0 aliphatic rings. The number of nitrogens with zero attached hydrogens (tertiary/aromatic N) is 3. The number of carbonyl (C=O) groups is 1. The molecule has 21 heavy (non-hydrogen) atoms. The zero-order chi connectivity index (χ0) is 15.0. The summed E-state index contributed by atoms with van der Waals surface area (Å²) in [6, 6.07) is 10.9. The Balaban J connectivity index is 2.03. The molecular weight excluding hydrogens is 270 g/mol. The monoisotopic (exact) mass is 283 g/mol. The molecule has 0 radical (unpaired) electrons. The predicted octanol–water partition coefficient (Wildman–Crippen LogP) is 2.38. The molecule has 0 spiro atoms. The van der Waals surface area contributed by atoms with Crippen LogP contribution in [0.1, 0.15) is 5.69 Å². The molecule has 3 rings (SSSR count). The summed E-state index contributed by atoms with van der Waals surface area (Å²) < 4.78 is 1.69. The molecule has 3 aromatic rings. The SMILES string of the molecule is Cc1c(-c2ccc(NC(=O)O)cc2)ccc2nc(N)nn12. The van der Waals surface area contributed by atoms with Gasteiger partial charge in [-0.15, -0.1) is 5.10 Å². The smallest absolute Gasteiger partial charge is 0.409 e. The van der Waals surface area contributed by atoms with Crippen molar-refractivity contribution in [2.45, 2.75) is 6.92 Å². The van der Waals surface area contributed by atoms with Crippen LogP contribution in [0, 0.1) is 6.92 Å². The quantitative estimate of drug-likeness (QED) is 0.669. The van der Waals surface area contributed by atoms with Crippen molar-refractivity contribution in [3.8, 4) is 11.1 Å². The van der Waals surface area contributed by atoms with Gasteiger partial charge in [0.05, 0.1) is 0 Å². The van der Waals surface area contributed by atoms with E-state index in [4.69, 9.17) is 10.8 Å². The van der Waals surface area contributed by atoms with Gasteiger partial charge >= 0.3 is 6.09 Å². The van der Waals surface area contributed by atoms with Crippen LogP contribution in [0.3, 0.4) is 0 Å². The molecule has 0 saturated heterocycles. The fraction of sp³-hybridized carbons (Fsp3) is 0.0714. The van der Waals surface area contributed by atoms with E-state index in [2.05, 4.69) is 15.4 Å². The Morgan fingerprint density at radius 1 is 1.24 bits per heavy atom. The van der Waals surface area contributed by atoms with Crippen LogP contribution in [-0.2, 0) is 0 Å². The van der Waals surface area contributed by atoms with Gasteiger partial charge in [0.15, 0.2) is 5.65 Å². The van der Waals surface area contributed by atoms with E-state index in [0.717, 1.165) is 16.8 Å². The van der Waals surface area contributed by atoms with Crippen molar-refractivity contribution in [3.63, 3.8) is 0 Å². The molecule has 0 aliphatic heterocycles. The van der Waals surface area contributed by atoms with E-state index < -0.39 is 6.09 Å². The molecule has 1 aromatic carbocycles. The number of amides is 1. The van der Waals surface area contributed by atoms with Gasteiger partial charge in [-0.2, -0.15) is 4.98 Å². The second-order valence-corrected chi connectivity index (χ2v) is 4.58. The summed E-state index contributed by atoms with van der Waals surface area (Å²) in [5, 5.41) is 15.1. The highest BCUT2D eigenvalue weighted by molar-refractivity contribution is 5.83. The maximum Gasteiger partial charge on any atom is 0.409 e. The lowest BCUT2D eigenvalue weighted by atomic mass is 10.0. The molecule has 4 N–H and O–H groups in total. The van der Waals surface area contributed by atoms with Gasteiger partial charge in [-0.05, 0) is 36.8 Å². The highest BCUT2D eigenvalue weighted by Gasteiger charge is 2.09. The van der Waals surface area contributed by atoms with Gasteiger partial charge in [-0.3, -0.25) is 5.32 Å². The zero-order valence-corrected chi connectivity index (χ0v) is 11.2. The van der Waals surface area contributed by atoms with E-state index in [-0.39, 0.29) is 5.95 Å². The normalized spacial score (nSPS) is 10.7. The zero-order valence-electron chi connectivity index (χ0n) is 11.2. The number of fused-ring (bicyclic) bond motifs is 1. The number of nitrogen functional groups attached to an aromatic ring is 1. The van der Waals surface area contributed by atoms with Crippen LogP contribution < -0.4 is 11.1 Å². The molecule has 0 bridgehead atoms. The van der Waals surface area contributed by atoms with Gasteiger partial charge in [0.25, 0.3) is 0 Å².